The van der Waals surface area contributed by atoms with Crippen LogP contribution < -0.4 is 15.0 Å². The Morgan fingerprint density at radius 1 is 1.11 bits per heavy atom. The Bertz CT molecular complexity index is 1820. The Morgan fingerprint density at radius 2 is 1.86 bits per heavy atom. The van der Waals surface area contributed by atoms with Crippen molar-refractivity contribution in [2.75, 3.05) is 38.1 Å². The van der Waals surface area contributed by atoms with Gasteiger partial charge in [-0.25, -0.2) is 14.2 Å². The number of fused-ring (bicyclic) bond motifs is 4. The number of likely N-dealkylation sites (tertiary alicyclic amines) is 1. The number of ether oxygens (including phenoxy) is 1. The van der Waals surface area contributed by atoms with Crippen LogP contribution in [0.3, 0.4) is 0 Å². The lowest BCUT2D eigenvalue weighted by atomic mass is 9.89. The van der Waals surface area contributed by atoms with Gasteiger partial charge in [0.1, 0.15) is 23.5 Å². The Labute approximate surface area is 256 Å². The summed E-state index contributed by atoms with van der Waals surface area (Å²) in [6.07, 6.45) is 4.02. The van der Waals surface area contributed by atoms with Crippen LogP contribution in [0.4, 0.5) is 15.9 Å². The number of aromatic nitrogens is 1. The van der Waals surface area contributed by atoms with E-state index in [1.165, 1.54) is 0 Å². The monoisotopic (exact) mass is 590 g/mol. The number of phenolic OH excluding ortho intramolecular Hbond substituents is 1. The third-order valence-corrected chi connectivity index (χ3v) is 9.54. The highest BCUT2D eigenvalue weighted by atomic mass is 19.1. The summed E-state index contributed by atoms with van der Waals surface area (Å²) in [4.78, 5) is 13.5. The maximum atomic E-state index is 17.5. The van der Waals surface area contributed by atoms with Gasteiger partial charge in [-0.15, -0.1) is 0 Å². The molecule has 2 unspecified atom stereocenters. The fourth-order valence-corrected chi connectivity index (χ4v) is 7.38. The van der Waals surface area contributed by atoms with Crippen LogP contribution in [0.2, 0.25) is 0 Å². The van der Waals surface area contributed by atoms with Gasteiger partial charge < -0.3 is 25.0 Å². The average molecular weight is 591 g/mol. The summed E-state index contributed by atoms with van der Waals surface area (Å²) in [6, 6.07) is 15.4. The second-order valence-electron chi connectivity index (χ2n) is 12.3. The maximum Gasteiger partial charge on any atom is 0.257 e. The van der Waals surface area contributed by atoms with Crippen LogP contribution >= 0.6 is 0 Å². The van der Waals surface area contributed by atoms with Gasteiger partial charge in [0.15, 0.2) is 0 Å². The molecule has 9 heteroatoms. The number of aromatic hydroxyl groups is 1. The van der Waals surface area contributed by atoms with E-state index in [2.05, 4.69) is 33.1 Å². The number of aryl methyl sites for hydroxylation is 1. The van der Waals surface area contributed by atoms with Gasteiger partial charge >= 0.3 is 0 Å². The number of piperazine rings is 1. The molecule has 3 fully saturated rings. The van der Waals surface area contributed by atoms with E-state index < -0.39 is 5.82 Å². The molecule has 0 saturated carbocycles. The molecule has 8 nitrogen and oxygen atoms in total. The molecule has 2 bridgehead atoms. The number of piperidine rings is 1. The molecular formula is C35H35FN6O2. The molecule has 0 amide bonds. The molecule has 3 aliphatic rings. The Kier molecular flexibility index (Phi) is 7.45. The number of nitrogens with one attached hydrogen (secondary N) is 1. The molecule has 224 valence electrons. The molecular weight excluding hydrogens is 555 g/mol. The molecule has 44 heavy (non-hydrogen) atoms. The van der Waals surface area contributed by atoms with Gasteiger partial charge in [-0.2, -0.15) is 5.26 Å². The van der Waals surface area contributed by atoms with Gasteiger partial charge in [-0.05, 0) is 79.3 Å². The number of hydrogen-bond acceptors (Lipinski definition) is 7. The van der Waals surface area contributed by atoms with E-state index in [0.717, 1.165) is 62.6 Å². The topological polar surface area (TPSA) is 89.0 Å². The second kappa shape index (κ2) is 11.6. The minimum atomic E-state index is -0.545. The van der Waals surface area contributed by atoms with Gasteiger partial charge in [0.2, 0.25) is 5.88 Å². The first kappa shape index (κ1) is 28.3. The highest BCUT2D eigenvalue weighted by Gasteiger charge is 2.39. The number of nitriles is 1. The lowest BCUT2D eigenvalue weighted by Crippen LogP contribution is -2.52. The summed E-state index contributed by atoms with van der Waals surface area (Å²) in [6.45, 7) is 11.6. The fraction of sp³-hybridized carbons (Fsp3) is 0.400. The van der Waals surface area contributed by atoms with Crippen LogP contribution in [-0.2, 0) is 6.42 Å². The summed E-state index contributed by atoms with van der Waals surface area (Å²) in [5.41, 5.74) is 1.55. The minimum absolute atomic E-state index is 0.0222. The first-order valence-corrected chi connectivity index (χ1v) is 15.5. The third-order valence-electron chi connectivity index (χ3n) is 9.54. The van der Waals surface area contributed by atoms with Crippen molar-refractivity contribution in [2.24, 2.45) is 0 Å². The second-order valence-corrected chi connectivity index (χ2v) is 12.3. The Hall–Kier alpha value is -4.44. The largest absolute Gasteiger partial charge is 0.508 e. The van der Waals surface area contributed by atoms with E-state index in [-0.39, 0.29) is 47.3 Å². The molecule has 0 aliphatic carbocycles. The van der Waals surface area contributed by atoms with E-state index in [1.54, 1.807) is 12.1 Å². The molecule has 4 heterocycles. The third kappa shape index (κ3) is 4.87. The van der Waals surface area contributed by atoms with Crippen molar-refractivity contribution in [3.05, 3.63) is 65.3 Å². The van der Waals surface area contributed by atoms with Crippen LogP contribution in [0.1, 0.15) is 37.7 Å². The van der Waals surface area contributed by atoms with Gasteiger partial charge in [0, 0.05) is 61.0 Å². The van der Waals surface area contributed by atoms with Crippen molar-refractivity contribution in [1.29, 1.82) is 5.26 Å². The fourth-order valence-electron chi connectivity index (χ4n) is 7.38. The molecule has 3 aromatic carbocycles. The maximum absolute atomic E-state index is 17.5. The van der Waals surface area contributed by atoms with Crippen LogP contribution in [0, 0.1) is 23.7 Å². The number of rotatable bonds is 6. The van der Waals surface area contributed by atoms with Crippen LogP contribution in [0.5, 0.6) is 11.6 Å². The Balaban J connectivity index is 1.52. The zero-order valence-corrected chi connectivity index (χ0v) is 24.8. The van der Waals surface area contributed by atoms with Crippen molar-refractivity contribution in [2.45, 2.75) is 56.7 Å². The van der Waals surface area contributed by atoms with Crippen molar-refractivity contribution in [1.82, 2.24) is 15.2 Å². The van der Waals surface area contributed by atoms with Crippen LogP contribution in [0.25, 0.3) is 37.5 Å². The smallest absolute Gasteiger partial charge is 0.257 e. The predicted octanol–water partition coefficient (Wildman–Crippen LogP) is 6.32. The molecule has 3 aliphatic heterocycles. The SMILES string of the molecule is [C-]#[N+]c1c(OC2CCN(C)CC2)nc(N2C3CCC2CNC3)c2cc(CCC#N)c(-c3cc(O)cc4ccccc34)c(F)c12. The summed E-state index contributed by atoms with van der Waals surface area (Å²) < 4.78 is 24.0. The van der Waals surface area contributed by atoms with E-state index in [4.69, 9.17) is 16.3 Å². The lowest BCUT2D eigenvalue weighted by molar-refractivity contribution is 0.111. The number of anilines is 1. The molecule has 1 aromatic heterocycles. The lowest BCUT2D eigenvalue weighted by Gasteiger charge is -2.37. The highest BCUT2D eigenvalue weighted by molar-refractivity contribution is 6.08. The molecule has 2 atom stereocenters. The molecule has 0 spiro atoms. The summed E-state index contributed by atoms with van der Waals surface area (Å²) >= 11 is 0. The van der Waals surface area contributed by atoms with E-state index in [1.807, 2.05) is 30.3 Å². The van der Waals surface area contributed by atoms with E-state index in [9.17, 15) is 10.4 Å². The zero-order chi connectivity index (χ0) is 30.4. The summed E-state index contributed by atoms with van der Waals surface area (Å²) in [5, 5.41) is 26.1. The van der Waals surface area contributed by atoms with Crippen LogP contribution in [-0.4, -0.2) is 66.4 Å². The van der Waals surface area contributed by atoms with Crippen molar-refractivity contribution in [3.63, 3.8) is 0 Å². The van der Waals surface area contributed by atoms with Crippen LogP contribution in [0.15, 0.2) is 42.5 Å². The normalized spacial score (nSPS) is 20.6. The van der Waals surface area contributed by atoms with Gasteiger partial charge in [-0.3, -0.25) is 0 Å². The van der Waals surface area contributed by atoms with Gasteiger partial charge in [-0.1, -0.05) is 24.3 Å². The number of hydrogen-bond donors (Lipinski definition) is 2. The van der Waals surface area contributed by atoms with Gasteiger partial charge in [0.25, 0.3) is 5.69 Å². The highest BCUT2D eigenvalue weighted by Crippen LogP contribution is 2.48. The summed E-state index contributed by atoms with van der Waals surface area (Å²) in [7, 11) is 2.08. The predicted molar refractivity (Wildman–Crippen MR) is 170 cm³/mol. The molecule has 2 N–H and O–H groups in total. The van der Waals surface area contributed by atoms with E-state index in [0.29, 0.717) is 34.3 Å². The molecule has 4 aromatic rings. The molecule has 3 saturated heterocycles. The van der Waals surface area contributed by atoms with Crippen molar-refractivity contribution in [3.8, 4) is 28.8 Å². The Morgan fingerprint density at radius 3 is 2.59 bits per heavy atom. The quantitative estimate of drug-likeness (QED) is 0.254. The van der Waals surface area contributed by atoms with E-state index >= 15 is 4.39 Å². The van der Waals surface area contributed by atoms with Crippen molar-refractivity contribution >= 4 is 33.1 Å². The average Bonchev–Trinajstić information content (AvgIpc) is 3.27. The van der Waals surface area contributed by atoms with Gasteiger partial charge in [0.05, 0.1) is 12.6 Å². The standard InChI is InChI=1S/C35H35FN6O2/c1-38-33-31-29(17-22(7-5-13-37)30(32(31)36)28-18-25(43)16-21-6-3-4-8-27(21)28)34(42-23-9-10-24(42)20-39-19-23)40-35(33)44-26-11-14-41(2)15-12-26/h3-4,6,8,16-18,23-24,26,39,43H,5,7,9-12,14-15,19-20H2,2H3. The number of nitrogens with zero attached hydrogens (tertiary/aromatic N) is 5. The number of phenols is 1. The minimum Gasteiger partial charge on any atom is -0.508 e. The summed E-state index contributed by atoms with van der Waals surface area (Å²) in [5.74, 6) is 0.310. The number of pyridine rings is 1. The first-order chi connectivity index (χ1) is 21.5. The zero-order valence-electron chi connectivity index (χ0n) is 24.8. The number of benzene rings is 3. The molecule has 0 radical (unpaired) electrons. The molecule has 7 rings (SSSR count). The van der Waals surface area contributed by atoms with Crippen molar-refractivity contribution < 1.29 is 14.2 Å². The number of halogens is 1. The first-order valence-electron chi connectivity index (χ1n) is 15.5.